The second-order valence-electron chi connectivity index (χ2n) is 7.52. The summed E-state index contributed by atoms with van der Waals surface area (Å²) in [5, 5.41) is 0.589. The molecule has 2 saturated heterocycles. The van der Waals surface area contributed by atoms with E-state index in [2.05, 4.69) is 0 Å². The van der Waals surface area contributed by atoms with Crippen LogP contribution in [-0.2, 0) is 4.79 Å². The van der Waals surface area contributed by atoms with Gasteiger partial charge in [0, 0.05) is 35.9 Å². The van der Waals surface area contributed by atoms with Crippen LogP contribution >= 0.6 is 11.6 Å². The number of hydrogen-bond donors (Lipinski definition) is 0. The fraction of sp³-hybridized carbons (Fsp3) is 0.333. The minimum absolute atomic E-state index is 0.0452. The fourth-order valence-electron chi connectivity index (χ4n) is 4.08. The van der Waals surface area contributed by atoms with Gasteiger partial charge in [-0.25, -0.2) is 4.39 Å². The molecule has 0 aromatic heterocycles. The Hall–Kier alpha value is -2.44. The molecule has 146 valence electrons. The molecule has 0 N–H and O–H groups in total. The Morgan fingerprint density at radius 3 is 2.61 bits per heavy atom. The number of carbonyl (C=O) groups excluding carboxylic acids is 2. The van der Waals surface area contributed by atoms with Crippen molar-refractivity contribution in [1.82, 2.24) is 9.80 Å². The van der Waals surface area contributed by atoms with Gasteiger partial charge in [-0.2, -0.15) is 0 Å². The monoisotopic (exact) mass is 401 g/mol. The Kier molecular flexibility index (Phi) is 4.85. The van der Waals surface area contributed by atoms with Gasteiger partial charge in [-0.3, -0.25) is 14.5 Å². The number of anilines is 1. The Morgan fingerprint density at radius 2 is 1.89 bits per heavy atom. The van der Waals surface area contributed by atoms with Crippen molar-refractivity contribution in [3.63, 3.8) is 0 Å². The van der Waals surface area contributed by atoms with Crippen molar-refractivity contribution in [3.05, 3.63) is 64.9 Å². The van der Waals surface area contributed by atoms with Crippen LogP contribution < -0.4 is 4.90 Å². The third-order valence-corrected chi connectivity index (χ3v) is 6.02. The second-order valence-corrected chi connectivity index (χ2v) is 7.96. The molecule has 2 aromatic carbocycles. The summed E-state index contributed by atoms with van der Waals surface area (Å²) in [6.45, 7) is 1.79. The molecule has 1 unspecified atom stereocenters. The van der Waals surface area contributed by atoms with Crippen LogP contribution in [0, 0.1) is 5.82 Å². The highest BCUT2D eigenvalue weighted by atomic mass is 35.5. The van der Waals surface area contributed by atoms with E-state index in [-0.39, 0.29) is 29.7 Å². The van der Waals surface area contributed by atoms with E-state index in [0.29, 0.717) is 35.9 Å². The number of nitrogens with zero attached hydrogens (tertiary/aromatic N) is 3. The van der Waals surface area contributed by atoms with E-state index in [1.165, 1.54) is 12.1 Å². The van der Waals surface area contributed by atoms with E-state index in [4.69, 9.17) is 11.6 Å². The van der Waals surface area contributed by atoms with Gasteiger partial charge in [-0.05, 0) is 55.9 Å². The molecular formula is C21H21ClFN3O2. The summed E-state index contributed by atoms with van der Waals surface area (Å²) in [7, 11) is 1.91. The highest BCUT2D eigenvalue weighted by molar-refractivity contribution is 6.30. The van der Waals surface area contributed by atoms with E-state index in [0.717, 1.165) is 6.42 Å². The number of rotatable bonds is 2. The van der Waals surface area contributed by atoms with Crippen molar-refractivity contribution >= 4 is 29.1 Å². The molecule has 2 fully saturated rings. The third kappa shape index (κ3) is 3.38. The number of likely N-dealkylation sites (N-methyl/N-ethyl adjacent to an activating group) is 1. The quantitative estimate of drug-likeness (QED) is 0.777. The molecule has 1 atom stereocenters. The zero-order valence-corrected chi connectivity index (χ0v) is 16.3. The summed E-state index contributed by atoms with van der Waals surface area (Å²) in [6, 6.07) is 12.9. The zero-order chi connectivity index (χ0) is 19.9. The molecule has 0 bridgehead atoms. The molecule has 2 aliphatic heterocycles. The van der Waals surface area contributed by atoms with E-state index in [1.54, 1.807) is 41.3 Å². The van der Waals surface area contributed by atoms with Crippen LogP contribution in [0.15, 0.2) is 48.5 Å². The van der Waals surface area contributed by atoms with Crippen LogP contribution in [0.25, 0.3) is 0 Å². The largest absolute Gasteiger partial charge is 0.337 e. The molecule has 0 radical (unpaired) electrons. The normalized spacial score (nSPS) is 22.9. The number of piperazine rings is 1. The average molecular weight is 402 g/mol. The van der Waals surface area contributed by atoms with Gasteiger partial charge >= 0.3 is 0 Å². The lowest BCUT2D eigenvalue weighted by Crippen LogP contribution is -2.64. The predicted octanol–water partition coefficient (Wildman–Crippen LogP) is 3.04. The molecule has 4 rings (SSSR count). The molecule has 7 heteroatoms. The second kappa shape index (κ2) is 7.18. The van der Waals surface area contributed by atoms with E-state index in [1.807, 2.05) is 16.8 Å². The molecule has 28 heavy (non-hydrogen) atoms. The first-order valence-corrected chi connectivity index (χ1v) is 9.58. The summed E-state index contributed by atoms with van der Waals surface area (Å²) in [6.07, 6.45) is 0.752. The molecule has 2 aromatic rings. The van der Waals surface area contributed by atoms with Crippen LogP contribution in [0.3, 0.4) is 0 Å². The molecule has 0 saturated carbocycles. The van der Waals surface area contributed by atoms with Crippen molar-refractivity contribution in [2.24, 2.45) is 0 Å². The summed E-state index contributed by atoms with van der Waals surface area (Å²) >= 11 is 5.92. The van der Waals surface area contributed by atoms with Gasteiger partial charge in [0.25, 0.3) is 5.91 Å². The lowest BCUT2D eigenvalue weighted by Gasteiger charge is -2.46. The van der Waals surface area contributed by atoms with Crippen LogP contribution in [0.1, 0.15) is 16.8 Å². The Bertz CT molecular complexity index is 920. The van der Waals surface area contributed by atoms with E-state index < -0.39 is 0 Å². The summed E-state index contributed by atoms with van der Waals surface area (Å²) in [4.78, 5) is 31.0. The number of hydrogen-bond acceptors (Lipinski definition) is 3. The maximum atomic E-state index is 13.7. The average Bonchev–Trinajstić information content (AvgIpc) is 3.10. The van der Waals surface area contributed by atoms with Gasteiger partial charge in [0.05, 0.1) is 12.1 Å². The first-order chi connectivity index (χ1) is 13.4. The highest BCUT2D eigenvalue weighted by Crippen LogP contribution is 2.34. The van der Waals surface area contributed by atoms with Gasteiger partial charge in [-0.15, -0.1) is 0 Å². The first kappa shape index (κ1) is 18.9. The Balaban J connectivity index is 1.56. The standard InChI is InChI=1S/C21H21ClFN3O2/c1-24-12-19(27)26(18-4-2-3-17(23)11-18)14-21(24)9-10-25(13-21)20(28)15-5-7-16(22)8-6-15/h2-8,11H,9-10,12-14H2,1H3. The van der Waals surface area contributed by atoms with Crippen LogP contribution in [0.2, 0.25) is 5.02 Å². The molecule has 2 heterocycles. The van der Waals surface area contributed by atoms with Crippen LogP contribution in [-0.4, -0.2) is 60.4 Å². The minimum Gasteiger partial charge on any atom is -0.337 e. The number of likely N-dealkylation sites (tertiary alicyclic amines) is 1. The minimum atomic E-state index is -0.371. The van der Waals surface area contributed by atoms with Crippen LogP contribution in [0.5, 0.6) is 0 Å². The van der Waals surface area contributed by atoms with Gasteiger partial charge in [0.1, 0.15) is 5.82 Å². The smallest absolute Gasteiger partial charge is 0.253 e. The van der Waals surface area contributed by atoms with E-state index in [9.17, 15) is 14.0 Å². The van der Waals surface area contributed by atoms with Crippen molar-refractivity contribution in [3.8, 4) is 0 Å². The topological polar surface area (TPSA) is 43.9 Å². The van der Waals surface area contributed by atoms with Crippen molar-refractivity contribution < 1.29 is 14.0 Å². The van der Waals surface area contributed by atoms with Gasteiger partial charge in [0.2, 0.25) is 5.91 Å². The summed E-state index contributed by atoms with van der Waals surface area (Å²) in [5.74, 6) is -0.485. The lowest BCUT2D eigenvalue weighted by molar-refractivity contribution is -0.123. The number of halogens is 2. The van der Waals surface area contributed by atoms with Gasteiger partial charge in [-0.1, -0.05) is 17.7 Å². The van der Waals surface area contributed by atoms with Crippen molar-refractivity contribution in [2.45, 2.75) is 12.0 Å². The van der Waals surface area contributed by atoms with Crippen molar-refractivity contribution in [1.29, 1.82) is 0 Å². The maximum absolute atomic E-state index is 13.7. The molecule has 5 nitrogen and oxygen atoms in total. The molecule has 1 spiro atoms. The molecule has 2 amide bonds. The van der Waals surface area contributed by atoms with Crippen LogP contribution in [0.4, 0.5) is 10.1 Å². The molecular weight excluding hydrogens is 381 g/mol. The molecule has 0 aliphatic carbocycles. The zero-order valence-electron chi connectivity index (χ0n) is 15.6. The first-order valence-electron chi connectivity index (χ1n) is 9.20. The summed E-state index contributed by atoms with van der Waals surface area (Å²) in [5.41, 5.74) is 0.806. The fourth-order valence-corrected chi connectivity index (χ4v) is 4.21. The number of amides is 2. The third-order valence-electron chi connectivity index (χ3n) is 5.77. The summed E-state index contributed by atoms with van der Waals surface area (Å²) < 4.78 is 13.7. The maximum Gasteiger partial charge on any atom is 0.253 e. The predicted molar refractivity (Wildman–Crippen MR) is 106 cm³/mol. The SMILES string of the molecule is CN1CC(=O)N(c2cccc(F)c2)CC12CCN(C(=O)c1ccc(Cl)cc1)C2. The number of benzene rings is 2. The Labute approximate surface area is 168 Å². The van der Waals surface area contributed by atoms with Gasteiger partial charge in [0.15, 0.2) is 0 Å². The van der Waals surface area contributed by atoms with E-state index >= 15 is 0 Å². The molecule has 2 aliphatic rings. The lowest BCUT2D eigenvalue weighted by atomic mass is 9.92. The van der Waals surface area contributed by atoms with Gasteiger partial charge < -0.3 is 9.80 Å². The van der Waals surface area contributed by atoms with Crippen molar-refractivity contribution in [2.75, 3.05) is 38.1 Å². The highest BCUT2D eigenvalue weighted by Gasteiger charge is 2.48. The number of carbonyl (C=O) groups is 2. The Morgan fingerprint density at radius 1 is 1.14 bits per heavy atom.